The summed E-state index contributed by atoms with van der Waals surface area (Å²) >= 11 is 1.22. The molecule has 3 rings (SSSR count). The fourth-order valence-corrected chi connectivity index (χ4v) is 3.44. The summed E-state index contributed by atoms with van der Waals surface area (Å²) in [5.41, 5.74) is 2.10. The van der Waals surface area contributed by atoms with E-state index in [0.29, 0.717) is 19.5 Å². The minimum Gasteiger partial charge on any atom is -0.356 e. The monoisotopic (exact) mass is 326 g/mol. The van der Waals surface area contributed by atoms with Crippen LogP contribution < -0.4 is 10.2 Å². The van der Waals surface area contributed by atoms with E-state index in [4.69, 9.17) is 0 Å². The number of carbonyl (C=O) groups is 1. The van der Waals surface area contributed by atoms with E-state index in [9.17, 15) is 9.59 Å². The lowest BCUT2D eigenvalue weighted by molar-refractivity contribution is -0.121. The predicted molar refractivity (Wildman–Crippen MR) is 93.9 cm³/mol. The first-order valence-electron chi connectivity index (χ1n) is 7.63. The summed E-state index contributed by atoms with van der Waals surface area (Å²) in [6, 6.07) is 17.7. The Kier molecular flexibility index (Phi) is 4.88. The molecular weight excluding hydrogens is 308 g/mol. The highest BCUT2D eigenvalue weighted by molar-refractivity contribution is 7.16. The van der Waals surface area contributed by atoms with Gasteiger partial charge in [0.05, 0.1) is 10.2 Å². The molecule has 1 amide bonds. The molecular formula is C18H18N2O2S. The molecule has 1 N–H and O–H groups in total. The molecule has 1 heterocycles. The average Bonchev–Trinajstić information content (AvgIpc) is 2.89. The molecule has 0 radical (unpaired) electrons. The second kappa shape index (κ2) is 7.24. The van der Waals surface area contributed by atoms with Gasteiger partial charge in [0.2, 0.25) is 5.91 Å². The van der Waals surface area contributed by atoms with Gasteiger partial charge in [-0.15, -0.1) is 0 Å². The van der Waals surface area contributed by atoms with E-state index < -0.39 is 0 Å². The normalized spacial score (nSPS) is 10.8. The van der Waals surface area contributed by atoms with Crippen molar-refractivity contribution in [1.29, 1.82) is 0 Å². The van der Waals surface area contributed by atoms with Crippen molar-refractivity contribution in [1.82, 2.24) is 9.88 Å². The predicted octanol–water partition coefficient (Wildman–Crippen LogP) is 2.81. The number of aryl methyl sites for hydroxylation is 1. The molecule has 1 aromatic heterocycles. The number of amides is 1. The Bertz CT molecular complexity index is 852. The van der Waals surface area contributed by atoms with Crippen molar-refractivity contribution >= 4 is 27.5 Å². The molecule has 5 heteroatoms. The molecule has 118 valence electrons. The number of rotatable bonds is 6. The molecule has 23 heavy (non-hydrogen) atoms. The van der Waals surface area contributed by atoms with E-state index in [1.807, 2.05) is 54.6 Å². The van der Waals surface area contributed by atoms with Crippen LogP contribution in [0.3, 0.4) is 0 Å². The summed E-state index contributed by atoms with van der Waals surface area (Å²) in [6.45, 7) is 1.03. The minimum atomic E-state index is -0.0249. The quantitative estimate of drug-likeness (QED) is 0.757. The summed E-state index contributed by atoms with van der Waals surface area (Å²) in [7, 11) is 0. The third kappa shape index (κ3) is 3.87. The number of aromatic nitrogens is 1. The maximum Gasteiger partial charge on any atom is 0.308 e. The average molecular weight is 326 g/mol. The largest absolute Gasteiger partial charge is 0.356 e. The second-order valence-electron chi connectivity index (χ2n) is 5.32. The van der Waals surface area contributed by atoms with E-state index in [1.165, 1.54) is 16.9 Å². The van der Waals surface area contributed by atoms with Crippen molar-refractivity contribution in [3.05, 3.63) is 69.8 Å². The van der Waals surface area contributed by atoms with Gasteiger partial charge in [0.1, 0.15) is 0 Å². The fourth-order valence-electron chi connectivity index (χ4n) is 2.52. The third-order valence-electron chi connectivity index (χ3n) is 3.71. The van der Waals surface area contributed by atoms with Gasteiger partial charge < -0.3 is 5.32 Å². The highest BCUT2D eigenvalue weighted by Gasteiger charge is 2.08. The zero-order valence-electron chi connectivity index (χ0n) is 12.7. The Balaban J connectivity index is 1.52. The van der Waals surface area contributed by atoms with Crippen LogP contribution in [0.5, 0.6) is 0 Å². The van der Waals surface area contributed by atoms with Crippen LogP contribution in [0, 0.1) is 0 Å². The van der Waals surface area contributed by atoms with E-state index in [2.05, 4.69) is 5.32 Å². The van der Waals surface area contributed by atoms with Crippen LogP contribution in [0.1, 0.15) is 12.0 Å². The maximum atomic E-state index is 12.0. The van der Waals surface area contributed by atoms with Gasteiger partial charge in [-0.25, -0.2) is 0 Å². The molecule has 0 aliphatic rings. The van der Waals surface area contributed by atoms with Crippen LogP contribution in [0.25, 0.3) is 10.2 Å². The smallest absolute Gasteiger partial charge is 0.308 e. The molecule has 3 aromatic rings. The van der Waals surface area contributed by atoms with Gasteiger partial charge in [0.15, 0.2) is 0 Å². The zero-order chi connectivity index (χ0) is 16.1. The molecule has 0 saturated carbocycles. The molecule has 0 fully saturated rings. The first-order valence-corrected chi connectivity index (χ1v) is 8.45. The van der Waals surface area contributed by atoms with Gasteiger partial charge in [-0.1, -0.05) is 53.8 Å². The molecule has 0 unspecified atom stereocenters. The Morgan fingerprint density at radius 2 is 1.78 bits per heavy atom. The van der Waals surface area contributed by atoms with Crippen molar-refractivity contribution in [2.45, 2.75) is 19.4 Å². The Morgan fingerprint density at radius 1 is 1.04 bits per heavy atom. The van der Waals surface area contributed by atoms with Gasteiger partial charge in [-0.3, -0.25) is 14.2 Å². The van der Waals surface area contributed by atoms with Crippen molar-refractivity contribution in [3.8, 4) is 0 Å². The molecule has 0 atom stereocenters. The third-order valence-corrected chi connectivity index (χ3v) is 4.67. The molecule has 0 saturated heterocycles. The summed E-state index contributed by atoms with van der Waals surface area (Å²) in [6.07, 6.45) is 1.13. The SMILES string of the molecule is O=C(CCn1c(=O)sc2ccccc21)NCCc1ccccc1. The van der Waals surface area contributed by atoms with Crippen LogP contribution in [0.4, 0.5) is 0 Å². The highest BCUT2D eigenvalue weighted by Crippen LogP contribution is 2.16. The van der Waals surface area contributed by atoms with E-state index in [1.54, 1.807) is 4.57 Å². The molecule has 4 nitrogen and oxygen atoms in total. The lowest BCUT2D eigenvalue weighted by Crippen LogP contribution is -2.27. The Hall–Kier alpha value is -2.40. The molecule has 0 aliphatic carbocycles. The zero-order valence-corrected chi connectivity index (χ0v) is 13.5. The van der Waals surface area contributed by atoms with Gasteiger partial charge >= 0.3 is 4.87 Å². The van der Waals surface area contributed by atoms with Crippen molar-refractivity contribution in [2.24, 2.45) is 0 Å². The fraction of sp³-hybridized carbons (Fsp3) is 0.222. The number of fused-ring (bicyclic) bond motifs is 1. The number of hydrogen-bond donors (Lipinski definition) is 1. The van der Waals surface area contributed by atoms with Crippen LogP contribution in [-0.2, 0) is 17.8 Å². The first-order chi connectivity index (χ1) is 11.2. The maximum absolute atomic E-state index is 12.0. The van der Waals surface area contributed by atoms with Crippen LogP contribution in [0.15, 0.2) is 59.4 Å². The van der Waals surface area contributed by atoms with Gasteiger partial charge in [-0.2, -0.15) is 0 Å². The van der Waals surface area contributed by atoms with Crippen molar-refractivity contribution < 1.29 is 4.79 Å². The van der Waals surface area contributed by atoms with Crippen LogP contribution in [0.2, 0.25) is 0 Å². The van der Waals surface area contributed by atoms with E-state index >= 15 is 0 Å². The molecule has 0 aliphatic heterocycles. The van der Waals surface area contributed by atoms with Crippen molar-refractivity contribution in [2.75, 3.05) is 6.54 Å². The number of nitrogens with zero attached hydrogens (tertiary/aromatic N) is 1. The summed E-state index contributed by atoms with van der Waals surface area (Å²) in [4.78, 5) is 23.9. The minimum absolute atomic E-state index is 0.0108. The summed E-state index contributed by atoms with van der Waals surface area (Å²) < 4.78 is 2.64. The van der Waals surface area contributed by atoms with Crippen LogP contribution >= 0.6 is 11.3 Å². The number of nitrogens with one attached hydrogen (secondary N) is 1. The lowest BCUT2D eigenvalue weighted by atomic mass is 10.1. The second-order valence-corrected chi connectivity index (χ2v) is 6.32. The standard InChI is InChI=1S/C18H18N2O2S/c21-17(19-12-10-14-6-2-1-3-7-14)11-13-20-15-8-4-5-9-16(15)23-18(20)22/h1-9H,10-13H2,(H,19,21). The number of carbonyl (C=O) groups excluding carboxylic acids is 1. The number of thiazole rings is 1. The lowest BCUT2D eigenvalue weighted by Gasteiger charge is -2.06. The molecule has 0 spiro atoms. The van der Waals surface area contributed by atoms with E-state index in [-0.39, 0.29) is 10.8 Å². The highest BCUT2D eigenvalue weighted by atomic mass is 32.1. The summed E-state index contributed by atoms with van der Waals surface area (Å²) in [5, 5.41) is 2.91. The van der Waals surface area contributed by atoms with E-state index in [0.717, 1.165) is 16.6 Å². The Morgan fingerprint density at radius 3 is 2.61 bits per heavy atom. The van der Waals surface area contributed by atoms with Crippen LogP contribution in [-0.4, -0.2) is 17.0 Å². The molecule has 0 bridgehead atoms. The Labute approximate surface area is 138 Å². The van der Waals surface area contributed by atoms with Gasteiger partial charge in [0.25, 0.3) is 0 Å². The number of benzene rings is 2. The topological polar surface area (TPSA) is 51.1 Å². The summed E-state index contributed by atoms with van der Waals surface area (Å²) in [5.74, 6) is -0.0249. The van der Waals surface area contributed by atoms with Crippen molar-refractivity contribution in [3.63, 3.8) is 0 Å². The van der Waals surface area contributed by atoms with Gasteiger partial charge in [-0.05, 0) is 24.1 Å². The first kappa shape index (κ1) is 15.5. The number of hydrogen-bond acceptors (Lipinski definition) is 3. The molecule has 2 aromatic carbocycles. The van der Waals surface area contributed by atoms with Gasteiger partial charge in [0, 0.05) is 19.5 Å². The number of para-hydroxylation sites is 1.